The number of carbonyl (C=O) groups is 2. The average molecular weight is 327 g/mol. The minimum atomic E-state index is -0.304. The molecule has 24 heavy (non-hydrogen) atoms. The third-order valence-corrected chi connectivity index (χ3v) is 3.68. The van der Waals surface area contributed by atoms with Gasteiger partial charge in [0.1, 0.15) is 11.5 Å². The third-order valence-electron chi connectivity index (χ3n) is 3.68. The van der Waals surface area contributed by atoms with Gasteiger partial charge in [-0.2, -0.15) is 0 Å². The molecule has 0 aliphatic carbocycles. The molecule has 0 aliphatic rings. The van der Waals surface area contributed by atoms with E-state index in [9.17, 15) is 9.59 Å². The van der Waals surface area contributed by atoms with Crippen LogP contribution >= 0.6 is 0 Å². The summed E-state index contributed by atoms with van der Waals surface area (Å²) in [5.41, 5.74) is 1.19. The van der Waals surface area contributed by atoms with Gasteiger partial charge < -0.3 is 10.2 Å². The largest absolute Gasteiger partial charge is 0.354 e. The van der Waals surface area contributed by atoms with Crippen LogP contribution in [0.15, 0.2) is 42.7 Å². The van der Waals surface area contributed by atoms with E-state index in [1.807, 2.05) is 26.0 Å². The predicted octanol–water partition coefficient (Wildman–Crippen LogP) is 2.45. The monoisotopic (exact) mass is 327 g/mol. The Morgan fingerprint density at radius 3 is 2.67 bits per heavy atom. The van der Waals surface area contributed by atoms with Gasteiger partial charge in [-0.1, -0.05) is 12.1 Å². The molecule has 0 fully saturated rings. The van der Waals surface area contributed by atoms with Crippen molar-refractivity contribution in [1.82, 2.24) is 20.2 Å². The zero-order valence-corrected chi connectivity index (χ0v) is 14.0. The summed E-state index contributed by atoms with van der Waals surface area (Å²) in [7, 11) is 1.53. The molecule has 2 heterocycles. The number of hydrogen-bond donors (Lipinski definition) is 2. The quantitative estimate of drug-likeness (QED) is 0.883. The second-order valence-corrected chi connectivity index (χ2v) is 5.17. The number of aromatic nitrogens is 2. The van der Waals surface area contributed by atoms with E-state index in [1.54, 1.807) is 35.5 Å². The molecule has 0 aromatic carbocycles. The van der Waals surface area contributed by atoms with Gasteiger partial charge in [0.2, 0.25) is 0 Å². The fourth-order valence-corrected chi connectivity index (χ4v) is 2.34. The van der Waals surface area contributed by atoms with Crippen molar-refractivity contribution in [3.05, 3.63) is 54.0 Å². The Labute approximate surface area is 141 Å². The van der Waals surface area contributed by atoms with Crippen molar-refractivity contribution in [2.45, 2.75) is 19.9 Å². The molecule has 0 unspecified atom stereocenters. The normalized spacial score (nSPS) is 11.5. The van der Waals surface area contributed by atoms with Crippen LogP contribution in [0.25, 0.3) is 0 Å². The summed E-state index contributed by atoms with van der Waals surface area (Å²) < 4.78 is 0. The number of nitrogens with zero attached hydrogens (tertiary/aromatic N) is 3. The molecule has 0 bridgehead atoms. The lowest BCUT2D eigenvalue weighted by Crippen LogP contribution is -2.37. The standard InChI is InChI=1S/C17H21N5O2/c1-4-22(12(2)13-7-6-10-19-11-13)17(24)21-15-9-5-8-14(20-15)16(23)18-3/h5-12H,4H2,1-3H3,(H,18,23)(H,20,21,24)/t12-/m0/s1. The van der Waals surface area contributed by atoms with Crippen LogP contribution in [0.2, 0.25) is 0 Å². The van der Waals surface area contributed by atoms with E-state index in [4.69, 9.17) is 0 Å². The minimum Gasteiger partial charge on any atom is -0.354 e. The number of carbonyl (C=O) groups excluding carboxylic acids is 2. The zero-order chi connectivity index (χ0) is 17.5. The molecule has 126 valence electrons. The summed E-state index contributed by atoms with van der Waals surface area (Å²) in [4.78, 5) is 34.1. The summed E-state index contributed by atoms with van der Waals surface area (Å²) in [6.45, 7) is 4.37. The van der Waals surface area contributed by atoms with Gasteiger partial charge in [0.15, 0.2) is 0 Å². The molecule has 2 rings (SSSR count). The van der Waals surface area contributed by atoms with Crippen molar-refractivity contribution in [3.63, 3.8) is 0 Å². The highest BCUT2D eigenvalue weighted by Crippen LogP contribution is 2.20. The van der Waals surface area contributed by atoms with E-state index in [-0.39, 0.29) is 23.7 Å². The molecule has 0 saturated carbocycles. The SMILES string of the molecule is CCN(C(=O)Nc1cccc(C(=O)NC)n1)[C@@H](C)c1cccnc1. The molecule has 0 saturated heterocycles. The van der Waals surface area contributed by atoms with Crippen molar-refractivity contribution >= 4 is 17.8 Å². The van der Waals surface area contributed by atoms with Crippen molar-refractivity contribution in [1.29, 1.82) is 0 Å². The van der Waals surface area contributed by atoms with Crippen LogP contribution < -0.4 is 10.6 Å². The Morgan fingerprint density at radius 2 is 2.04 bits per heavy atom. The third kappa shape index (κ3) is 4.07. The number of amides is 3. The van der Waals surface area contributed by atoms with E-state index in [1.165, 1.54) is 7.05 Å². The molecular weight excluding hydrogens is 306 g/mol. The molecule has 7 heteroatoms. The summed E-state index contributed by atoms with van der Waals surface area (Å²) in [5, 5.41) is 5.24. The van der Waals surface area contributed by atoms with Crippen molar-refractivity contribution < 1.29 is 9.59 Å². The van der Waals surface area contributed by atoms with E-state index >= 15 is 0 Å². The van der Waals surface area contributed by atoms with E-state index in [0.717, 1.165) is 5.56 Å². The molecule has 1 atom stereocenters. The first-order chi connectivity index (χ1) is 11.6. The second kappa shape index (κ2) is 8.05. The van der Waals surface area contributed by atoms with Crippen LogP contribution in [-0.2, 0) is 0 Å². The van der Waals surface area contributed by atoms with Crippen LogP contribution in [0.3, 0.4) is 0 Å². The lowest BCUT2D eigenvalue weighted by atomic mass is 10.1. The van der Waals surface area contributed by atoms with Gasteiger partial charge in [-0.05, 0) is 37.6 Å². The highest BCUT2D eigenvalue weighted by Gasteiger charge is 2.20. The van der Waals surface area contributed by atoms with Crippen LogP contribution in [0.4, 0.5) is 10.6 Å². The van der Waals surface area contributed by atoms with Crippen molar-refractivity contribution in [2.24, 2.45) is 0 Å². The maximum Gasteiger partial charge on any atom is 0.323 e. The zero-order valence-electron chi connectivity index (χ0n) is 14.0. The fraction of sp³-hybridized carbons (Fsp3) is 0.294. The number of pyridine rings is 2. The van der Waals surface area contributed by atoms with Gasteiger partial charge in [-0.15, -0.1) is 0 Å². The number of nitrogens with one attached hydrogen (secondary N) is 2. The van der Waals surface area contributed by atoms with Crippen LogP contribution in [0.5, 0.6) is 0 Å². The van der Waals surface area contributed by atoms with Gasteiger partial charge in [-0.25, -0.2) is 9.78 Å². The molecular formula is C17H21N5O2. The molecule has 2 N–H and O–H groups in total. The average Bonchev–Trinajstić information content (AvgIpc) is 2.62. The number of hydrogen-bond acceptors (Lipinski definition) is 4. The highest BCUT2D eigenvalue weighted by molar-refractivity contribution is 5.93. The summed E-state index contributed by atoms with van der Waals surface area (Å²) in [6.07, 6.45) is 3.44. The first kappa shape index (κ1) is 17.4. The minimum absolute atomic E-state index is 0.133. The van der Waals surface area contributed by atoms with Gasteiger partial charge in [-0.3, -0.25) is 15.1 Å². The van der Waals surface area contributed by atoms with Gasteiger partial charge in [0.25, 0.3) is 5.91 Å². The highest BCUT2D eigenvalue weighted by atomic mass is 16.2. The lowest BCUT2D eigenvalue weighted by Gasteiger charge is -2.28. The van der Waals surface area contributed by atoms with Crippen molar-refractivity contribution in [2.75, 3.05) is 18.9 Å². The van der Waals surface area contributed by atoms with Crippen LogP contribution in [0, 0.1) is 0 Å². The Kier molecular flexibility index (Phi) is 5.83. The molecule has 0 radical (unpaired) electrons. The van der Waals surface area contributed by atoms with Gasteiger partial charge in [0.05, 0.1) is 6.04 Å². The van der Waals surface area contributed by atoms with Crippen LogP contribution in [0.1, 0.15) is 35.9 Å². The molecule has 2 aromatic heterocycles. The van der Waals surface area contributed by atoms with E-state index in [2.05, 4.69) is 20.6 Å². The topological polar surface area (TPSA) is 87.2 Å². The maximum atomic E-state index is 12.6. The predicted molar refractivity (Wildman–Crippen MR) is 91.7 cm³/mol. The molecule has 2 aromatic rings. The number of urea groups is 1. The Balaban J connectivity index is 2.14. The molecule has 0 aliphatic heterocycles. The molecule has 3 amide bonds. The van der Waals surface area contributed by atoms with Crippen LogP contribution in [-0.4, -0.2) is 40.4 Å². The molecule has 0 spiro atoms. The number of rotatable bonds is 5. The smallest absolute Gasteiger partial charge is 0.323 e. The van der Waals surface area contributed by atoms with Crippen molar-refractivity contribution in [3.8, 4) is 0 Å². The summed E-state index contributed by atoms with van der Waals surface area (Å²) >= 11 is 0. The first-order valence-electron chi connectivity index (χ1n) is 7.73. The van der Waals surface area contributed by atoms with E-state index in [0.29, 0.717) is 12.4 Å². The Hall–Kier alpha value is -2.96. The summed E-state index contributed by atoms with van der Waals surface area (Å²) in [6, 6.07) is 8.26. The van der Waals surface area contributed by atoms with Gasteiger partial charge in [0, 0.05) is 26.0 Å². The second-order valence-electron chi connectivity index (χ2n) is 5.17. The van der Waals surface area contributed by atoms with E-state index < -0.39 is 0 Å². The Bertz CT molecular complexity index is 705. The maximum absolute atomic E-state index is 12.6. The number of anilines is 1. The summed E-state index contributed by atoms with van der Waals surface area (Å²) in [5.74, 6) is 0.0279. The molecule has 7 nitrogen and oxygen atoms in total. The first-order valence-corrected chi connectivity index (χ1v) is 7.73. The Morgan fingerprint density at radius 1 is 1.25 bits per heavy atom. The lowest BCUT2D eigenvalue weighted by molar-refractivity contribution is 0.0958. The fourth-order valence-electron chi connectivity index (χ4n) is 2.34. The van der Waals surface area contributed by atoms with Gasteiger partial charge >= 0.3 is 6.03 Å².